The minimum absolute atomic E-state index is 0.0227. The second kappa shape index (κ2) is 11.3. The summed E-state index contributed by atoms with van der Waals surface area (Å²) in [4.78, 5) is 30.0. The third-order valence-corrected chi connectivity index (χ3v) is 5.05. The van der Waals surface area contributed by atoms with E-state index < -0.39 is 0 Å². The summed E-state index contributed by atoms with van der Waals surface area (Å²) in [6.45, 7) is 14.7. The fraction of sp³-hybridized carbons (Fsp3) is 0.652. The van der Waals surface area contributed by atoms with E-state index in [4.69, 9.17) is 9.47 Å². The summed E-state index contributed by atoms with van der Waals surface area (Å²) in [5, 5.41) is 0. The number of aryl methyl sites for hydroxylation is 1. The van der Waals surface area contributed by atoms with E-state index >= 15 is 0 Å². The Labute approximate surface area is 176 Å². The summed E-state index contributed by atoms with van der Waals surface area (Å²) >= 11 is 0. The lowest BCUT2D eigenvalue weighted by Crippen LogP contribution is -2.43. The average Bonchev–Trinajstić information content (AvgIpc) is 2.67. The van der Waals surface area contributed by atoms with Crippen molar-refractivity contribution in [2.45, 2.75) is 72.8 Å². The molecule has 0 fully saturated rings. The Balaban J connectivity index is 3.24. The van der Waals surface area contributed by atoms with Gasteiger partial charge in [-0.15, -0.1) is 0 Å². The number of carbonyl (C=O) groups excluding carboxylic acids is 2. The Morgan fingerprint density at radius 2 is 1.10 bits per heavy atom. The number of methoxy groups -OCH3 is 2. The first-order valence-electron chi connectivity index (χ1n) is 10.3. The van der Waals surface area contributed by atoms with Crippen LogP contribution in [0.15, 0.2) is 18.2 Å². The minimum atomic E-state index is -0.0944. The SMILES string of the molecule is COC(C)CN(C(=O)c1cc(C)cc(C(=O)N(CC(C)OC)C(C)C)c1)C(C)C. The van der Waals surface area contributed by atoms with E-state index in [1.54, 1.807) is 30.1 Å². The van der Waals surface area contributed by atoms with E-state index in [0.29, 0.717) is 24.2 Å². The molecule has 1 aromatic carbocycles. The first-order valence-corrected chi connectivity index (χ1v) is 10.3. The molecule has 0 heterocycles. The Morgan fingerprint density at radius 3 is 1.38 bits per heavy atom. The Bertz CT molecular complexity index is 633. The van der Waals surface area contributed by atoms with E-state index in [9.17, 15) is 9.59 Å². The maximum Gasteiger partial charge on any atom is 0.254 e. The molecule has 2 amide bonds. The maximum absolute atomic E-state index is 13.2. The lowest BCUT2D eigenvalue weighted by atomic mass is 10.0. The van der Waals surface area contributed by atoms with Gasteiger partial charge in [0, 0.05) is 50.5 Å². The molecule has 164 valence electrons. The van der Waals surface area contributed by atoms with Crippen LogP contribution in [0.1, 0.15) is 67.8 Å². The van der Waals surface area contributed by atoms with Gasteiger partial charge in [-0.25, -0.2) is 0 Å². The molecule has 0 aliphatic rings. The third kappa shape index (κ3) is 7.12. The highest BCUT2D eigenvalue weighted by Crippen LogP contribution is 2.18. The lowest BCUT2D eigenvalue weighted by Gasteiger charge is -2.30. The summed E-state index contributed by atoms with van der Waals surface area (Å²) in [5.41, 5.74) is 1.92. The minimum Gasteiger partial charge on any atom is -0.380 e. The van der Waals surface area contributed by atoms with Crippen molar-refractivity contribution in [3.63, 3.8) is 0 Å². The average molecular weight is 407 g/mol. The number of carbonyl (C=O) groups is 2. The van der Waals surface area contributed by atoms with Crippen molar-refractivity contribution in [2.75, 3.05) is 27.3 Å². The van der Waals surface area contributed by atoms with E-state index in [2.05, 4.69) is 0 Å². The number of amides is 2. The van der Waals surface area contributed by atoms with Crippen LogP contribution in [0.25, 0.3) is 0 Å². The standard InChI is InChI=1S/C23H38N2O4/c1-15(2)24(13-18(6)28-8)22(26)20-10-17(5)11-21(12-20)23(27)25(16(3)4)14-19(7)29-9/h10-12,15-16,18-19H,13-14H2,1-9H3. The first kappa shape index (κ1) is 25.1. The van der Waals surface area contributed by atoms with Gasteiger partial charge in [0.15, 0.2) is 0 Å². The molecule has 0 aliphatic heterocycles. The second-order valence-electron chi connectivity index (χ2n) is 8.28. The molecule has 0 saturated carbocycles. The van der Waals surface area contributed by atoms with E-state index in [0.717, 1.165) is 5.56 Å². The monoisotopic (exact) mass is 406 g/mol. The van der Waals surface area contributed by atoms with Crippen molar-refractivity contribution in [1.29, 1.82) is 0 Å². The molecule has 6 nitrogen and oxygen atoms in total. The molecule has 0 saturated heterocycles. The molecule has 6 heteroatoms. The predicted molar refractivity (Wildman–Crippen MR) is 116 cm³/mol. The second-order valence-corrected chi connectivity index (χ2v) is 8.28. The van der Waals surface area contributed by atoms with Crippen LogP contribution in [0, 0.1) is 6.92 Å². The smallest absolute Gasteiger partial charge is 0.254 e. The van der Waals surface area contributed by atoms with Crippen LogP contribution >= 0.6 is 0 Å². The van der Waals surface area contributed by atoms with Gasteiger partial charge in [-0.2, -0.15) is 0 Å². The van der Waals surface area contributed by atoms with Gasteiger partial charge in [-0.3, -0.25) is 9.59 Å². The molecule has 0 aromatic heterocycles. The molecular weight excluding hydrogens is 368 g/mol. The third-order valence-electron chi connectivity index (χ3n) is 5.05. The molecule has 2 atom stereocenters. The van der Waals surface area contributed by atoms with Crippen LogP contribution in [-0.4, -0.2) is 73.2 Å². The van der Waals surface area contributed by atoms with Crippen LogP contribution in [0.4, 0.5) is 0 Å². The topological polar surface area (TPSA) is 59.1 Å². The number of nitrogens with zero attached hydrogens (tertiary/aromatic N) is 2. The Morgan fingerprint density at radius 1 is 0.759 bits per heavy atom. The highest BCUT2D eigenvalue weighted by Gasteiger charge is 2.25. The molecular formula is C23H38N2O4. The van der Waals surface area contributed by atoms with Crippen molar-refractivity contribution < 1.29 is 19.1 Å². The summed E-state index contributed by atoms with van der Waals surface area (Å²) in [6.07, 6.45) is -0.140. The van der Waals surface area contributed by atoms with Gasteiger partial charge in [0.2, 0.25) is 0 Å². The van der Waals surface area contributed by atoms with E-state index in [-0.39, 0.29) is 36.1 Å². The van der Waals surface area contributed by atoms with Crippen molar-refractivity contribution >= 4 is 11.8 Å². The largest absolute Gasteiger partial charge is 0.380 e. The molecule has 2 unspecified atom stereocenters. The highest BCUT2D eigenvalue weighted by atomic mass is 16.5. The van der Waals surface area contributed by atoms with E-state index in [1.807, 2.05) is 60.6 Å². The number of ether oxygens (including phenoxy) is 2. The Kier molecular flexibility index (Phi) is 9.80. The molecule has 0 spiro atoms. The number of hydrogen-bond acceptors (Lipinski definition) is 4. The van der Waals surface area contributed by atoms with Crippen molar-refractivity contribution in [2.24, 2.45) is 0 Å². The zero-order valence-electron chi connectivity index (χ0n) is 19.5. The van der Waals surface area contributed by atoms with Gasteiger partial charge in [0.25, 0.3) is 11.8 Å². The van der Waals surface area contributed by atoms with Gasteiger partial charge in [0.1, 0.15) is 0 Å². The number of benzene rings is 1. The maximum atomic E-state index is 13.2. The van der Waals surface area contributed by atoms with Gasteiger partial charge < -0.3 is 19.3 Å². The highest BCUT2D eigenvalue weighted by molar-refractivity contribution is 6.00. The molecule has 0 radical (unpaired) electrons. The Hall–Kier alpha value is -1.92. The summed E-state index contributed by atoms with van der Waals surface area (Å²) in [6, 6.07) is 5.42. The van der Waals surface area contributed by atoms with Crippen molar-refractivity contribution in [3.05, 3.63) is 34.9 Å². The number of rotatable bonds is 10. The van der Waals surface area contributed by atoms with Crippen molar-refractivity contribution in [1.82, 2.24) is 9.80 Å². The van der Waals surface area contributed by atoms with Gasteiger partial charge >= 0.3 is 0 Å². The van der Waals surface area contributed by atoms with Crippen molar-refractivity contribution in [3.8, 4) is 0 Å². The summed E-state index contributed by atoms with van der Waals surface area (Å²) < 4.78 is 10.7. The fourth-order valence-electron chi connectivity index (χ4n) is 3.12. The van der Waals surface area contributed by atoms with Gasteiger partial charge in [-0.05, 0) is 72.2 Å². The van der Waals surface area contributed by atoms with Crippen LogP contribution in [0.2, 0.25) is 0 Å². The summed E-state index contributed by atoms with van der Waals surface area (Å²) in [7, 11) is 3.27. The molecule has 1 aromatic rings. The molecule has 0 N–H and O–H groups in total. The molecule has 0 aliphatic carbocycles. The van der Waals surface area contributed by atoms with Crippen LogP contribution in [-0.2, 0) is 9.47 Å². The predicted octanol–water partition coefficient (Wildman–Crippen LogP) is 3.77. The van der Waals surface area contributed by atoms with Gasteiger partial charge in [-0.1, -0.05) is 0 Å². The van der Waals surface area contributed by atoms with Crippen LogP contribution < -0.4 is 0 Å². The summed E-state index contributed by atoms with van der Waals surface area (Å²) in [5.74, 6) is -0.189. The normalized spacial score (nSPS) is 13.5. The fourth-order valence-corrected chi connectivity index (χ4v) is 3.12. The molecule has 1 rings (SSSR count). The zero-order valence-corrected chi connectivity index (χ0v) is 19.5. The quantitative estimate of drug-likeness (QED) is 0.594. The van der Waals surface area contributed by atoms with E-state index in [1.165, 1.54) is 0 Å². The van der Waals surface area contributed by atoms with Gasteiger partial charge in [0.05, 0.1) is 12.2 Å². The van der Waals surface area contributed by atoms with Crippen LogP contribution in [0.5, 0.6) is 0 Å². The van der Waals surface area contributed by atoms with Crippen LogP contribution in [0.3, 0.4) is 0 Å². The first-order chi connectivity index (χ1) is 13.5. The number of hydrogen-bond donors (Lipinski definition) is 0. The molecule has 0 bridgehead atoms. The molecule has 29 heavy (non-hydrogen) atoms. The zero-order chi connectivity index (χ0) is 22.3. The lowest BCUT2D eigenvalue weighted by molar-refractivity contribution is 0.0460.